The molecule has 31 heavy (non-hydrogen) atoms. The van der Waals surface area contributed by atoms with Crippen LogP contribution in [0.25, 0.3) is 0 Å². The molecule has 1 aliphatic rings. The van der Waals surface area contributed by atoms with Crippen molar-refractivity contribution < 1.29 is 4.74 Å². The van der Waals surface area contributed by atoms with Gasteiger partial charge in [0.1, 0.15) is 5.75 Å². The highest BCUT2D eigenvalue weighted by Gasteiger charge is 2.26. The molecular formula is C27H31ClN2O. The summed E-state index contributed by atoms with van der Waals surface area (Å²) in [5.41, 5.74) is 6.63. The first-order chi connectivity index (χ1) is 15.0. The first-order valence-electron chi connectivity index (χ1n) is 10.9. The van der Waals surface area contributed by atoms with Crippen molar-refractivity contribution in [2.45, 2.75) is 18.8 Å². The number of anilines is 1. The Morgan fingerprint density at radius 1 is 1.03 bits per heavy atom. The highest BCUT2D eigenvalue weighted by atomic mass is 35.5. The Bertz CT molecular complexity index is 1000. The molecule has 1 heterocycles. The zero-order chi connectivity index (χ0) is 21.8. The zero-order valence-corrected chi connectivity index (χ0v) is 19.4. The summed E-state index contributed by atoms with van der Waals surface area (Å²) in [4.78, 5) is 4.73. The first kappa shape index (κ1) is 21.7. The van der Waals surface area contributed by atoms with E-state index in [9.17, 15) is 0 Å². The van der Waals surface area contributed by atoms with Crippen LogP contribution >= 0.6 is 11.6 Å². The number of methoxy groups -OCH3 is 1. The van der Waals surface area contributed by atoms with Gasteiger partial charge in [0.2, 0.25) is 0 Å². The van der Waals surface area contributed by atoms with Gasteiger partial charge in [-0.3, -0.25) is 0 Å². The van der Waals surface area contributed by atoms with Gasteiger partial charge in [0.25, 0.3) is 0 Å². The maximum absolute atomic E-state index is 6.48. The van der Waals surface area contributed by atoms with Gasteiger partial charge in [0.05, 0.1) is 12.1 Å². The number of hydrogen-bond acceptors (Lipinski definition) is 3. The van der Waals surface area contributed by atoms with Crippen molar-refractivity contribution in [1.82, 2.24) is 4.90 Å². The monoisotopic (exact) mass is 434 g/mol. The Labute approximate surface area is 191 Å². The van der Waals surface area contributed by atoms with Crippen molar-refractivity contribution in [1.29, 1.82) is 0 Å². The Morgan fingerprint density at radius 2 is 1.77 bits per heavy atom. The molecule has 0 aromatic heterocycles. The third-order valence-corrected chi connectivity index (χ3v) is 6.59. The van der Waals surface area contributed by atoms with Gasteiger partial charge >= 0.3 is 0 Å². The van der Waals surface area contributed by atoms with E-state index < -0.39 is 0 Å². The van der Waals surface area contributed by atoms with Crippen LogP contribution in [0.3, 0.4) is 0 Å². The molecule has 0 radical (unpaired) electrons. The molecule has 0 N–H and O–H groups in total. The molecule has 3 aromatic carbocycles. The molecule has 0 amide bonds. The minimum atomic E-state index is 0.306. The fraction of sp³-hybridized carbons (Fsp3) is 0.333. The largest absolute Gasteiger partial charge is 0.495 e. The van der Waals surface area contributed by atoms with E-state index in [-0.39, 0.29) is 0 Å². The zero-order valence-electron chi connectivity index (χ0n) is 18.6. The molecule has 0 aliphatic carbocycles. The van der Waals surface area contributed by atoms with Crippen LogP contribution < -0.4 is 9.64 Å². The summed E-state index contributed by atoms with van der Waals surface area (Å²) in [7, 11) is 5.85. The third kappa shape index (κ3) is 5.06. The second-order valence-electron chi connectivity index (χ2n) is 8.51. The SMILES string of the molecule is COc1cc2c(cc1Cl)CCN(CCc1ccc(N(C)C)cc1)CC2c1ccccc1. The summed E-state index contributed by atoms with van der Waals surface area (Å²) in [5.74, 6) is 1.07. The lowest BCUT2D eigenvalue weighted by Gasteiger charge is -2.26. The lowest BCUT2D eigenvalue weighted by atomic mass is 9.88. The van der Waals surface area contributed by atoms with Gasteiger partial charge in [0.15, 0.2) is 0 Å². The number of fused-ring (bicyclic) bond motifs is 1. The van der Waals surface area contributed by atoms with Crippen molar-refractivity contribution in [3.63, 3.8) is 0 Å². The molecule has 1 aliphatic heterocycles. The normalized spacial score (nSPS) is 16.5. The number of rotatable bonds is 6. The summed E-state index contributed by atoms with van der Waals surface area (Å²) >= 11 is 6.48. The summed E-state index contributed by atoms with van der Waals surface area (Å²) in [6, 6.07) is 24.0. The van der Waals surface area contributed by atoms with Gasteiger partial charge in [-0.25, -0.2) is 0 Å². The standard InChI is InChI=1S/C27H31ClN2O/c1-29(2)23-11-9-20(10-12-23)13-15-30-16-14-22-17-26(28)27(31-3)18-24(22)25(19-30)21-7-5-4-6-8-21/h4-12,17-18,25H,13-16,19H2,1-3H3. The van der Waals surface area contributed by atoms with E-state index in [1.165, 1.54) is 27.9 Å². The second-order valence-corrected chi connectivity index (χ2v) is 8.92. The van der Waals surface area contributed by atoms with E-state index in [0.717, 1.165) is 38.2 Å². The van der Waals surface area contributed by atoms with Crippen molar-refractivity contribution in [3.05, 3.63) is 94.0 Å². The molecule has 3 aromatic rings. The minimum Gasteiger partial charge on any atom is -0.495 e. The van der Waals surface area contributed by atoms with Crippen LogP contribution in [0.1, 0.15) is 28.2 Å². The van der Waals surface area contributed by atoms with Crippen molar-refractivity contribution >= 4 is 17.3 Å². The number of nitrogens with zero attached hydrogens (tertiary/aromatic N) is 2. The Morgan fingerprint density at radius 3 is 2.45 bits per heavy atom. The molecule has 0 fully saturated rings. The highest BCUT2D eigenvalue weighted by Crippen LogP contribution is 2.37. The van der Waals surface area contributed by atoms with Gasteiger partial charge in [0, 0.05) is 45.3 Å². The van der Waals surface area contributed by atoms with E-state index in [1.807, 2.05) is 0 Å². The summed E-state index contributed by atoms with van der Waals surface area (Å²) in [5, 5.41) is 0.697. The van der Waals surface area contributed by atoms with E-state index in [4.69, 9.17) is 16.3 Å². The van der Waals surface area contributed by atoms with Gasteiger partial charge in [-0.1, -0.05) is 54.1 Å². The maximum atomic E-state index is 6.48. The van der Waals surface area contributed by atoms with E-state index >= 15 is 0 Å². The van der Waals surface area contributed by atoms with Gasteiger partial charge in [-0.05, 0) is 59.4 Å². The topological polar surface area (TPSA) is 15.7 Å². The van der Waals surface area contributed by atoms with E-state index in [1.54, 1.807) is 7.11 Å². The van der Waals surface area contributed by atoms with Crippen LogP contribution in [-0.2, 0) is 12.8 Å². The smallest absolute Gasteiger partial charge is 0.137 e. The summed E-state index contributed by atoms with van der Waals surface area (Å²) < 4.78 is 5.55. The van der Waals surface area contributed by atoms with Gasteiger partial charge in [-0.2, -0.15) is 0 Å². The van der Waals surface area contributed by atoms with E-state index in [0.29, 0.717) is 10.9 Å². The molecule has 1 unspecified atom stereocenters. The van der Waals surface area contributed by atoms with Crippen LogP contribution in [0.4, 0.5) is 5.69 Å². The van der Waals surface area contributed by atoms with Gasteiger partial charge < -0.3 is 14.5 Å². The fourth-order valence-corrected chi connectivity index (χ4v) is 4.72. The molecule has 4 rings (SSSR count). The molecule has 162 valence electrons. The predicted molar refractivity (Wildman–Crippen MR) is 131 cm³/mol. The molecule has 0 spiro atoms. The predicted octanol–water partition coefficient (Wildman–Crippen LogP) is 5.65. The van der Waals surface area contributed by atoms with Crippen LogP contribution in [0.15, 0.2) is 66.7 Å². The molecule has 4 heteroatoms. The molecule has 3 nitrogen and oxygen atoms in total. The van der Waals surface area contributed by atoms with Crippen molar-refractivity contribution in [2.24, 2.45) is 0 Å². The molecular weight excluding hydrogens is 404 g/mol. The summed E-state index contributed by atoms with van der Waals surface area (Å²) in [6.07, 6.45) is 2.05. The average Bonchev–Trinajstić information content (AvgIpc) is 2.97. The maximum Gasteiger partial charge on any atom is 0.137 e. The lowest BCUT2D eigenvalue weighted by molar-refractivity contribution is 0.280. The van der Waals surface area contributed by atoms with E-state index in [2.05, 4.69) is 90.6 Å². The molecule has 0 bridgehead atoms. The lowest BCUT2D eigenvalue weighted by Crippen LogP contribution is -2.30. The number of benzene rings is 3. The first-order valence-corrected chi connectivity index (χ1v) is 11.3. The third-order valence-electron chi connectivity index (χ3n) is 6.30. The average molecular weight is 435 g/mol. The Kier molecular flexibility index (Phi) is 6.84. The fourth-order valence-electron chi connectivity index (χ4n) is 4.46. The summed E-state index contributed by atoms with van der Waals surface area (Å²) in [6.45, 7) is 3.08. The molecule has 1 atom stereocenters. The van der Waals surface area contributed by atoms with Crippen LogP contribution in [-0.4, -0.2) is 45.7 Å². The quantitative estimate of drug-likeness (QED) is 0.498. The minimum absolute atomic E-state index is 0.306. The van der Waals surface area contributed by atoms with Crippen LogP contribution in [0, 0.1) is 0 Å². The number of ether oxygens (including phenoxy) is 1. The Balaban J connectivity index is 1.56. The molecule has 0 saturated carbocycles. The molecule has 0 saturated heterocycles. The van der Waals surface area contributed by atoms with Crippen LogP contribution in [0.5, 0.6) is 5.75 Å². The Hall–Kier alpha value is -2.49. The number of hydrogen-bond donors (Lipinski definition) is 0. The van der Waals surface area contributed by atoms with Crippen LogP contribution in [0.2, 0.25) is 5.02 Å². The number of halogens is 1. The highest BCUT2D eigenvalue weighted by molar-refractivity contribution is 6.32. The van der Waals surface area contributed by atoms with Crippen molar-refractivity contribution in [3.8, 4) is 5.75 Å². The van der Waals surface area contributed by atoms with Gasteiger partial charge in [-0.15, -0.1) is 0 Å². The second kappa shape index (κ2) is 9.76. The van der Waals surface area contributed by atoms with Crippen molar-refractivity contribution in [2.75, 3.05) is 45.7 Å².